The number of nitrogens with one attached hydrogen (secondary N) is 2. The molecule has 0 aromatic carbocycles. The van der Waals surface area contributed by atoms with E-state index in [0.29, 0.717) is 12.3 Å². The van der Waals surface area contributed by atoms with E-state index < -0.39 is 0 Å². The fourth-order valence-corrected chi connectivity index (χ4v) is 2.91. The molecule has 0 radical (unpaired) electrons. The maximum atomic E-state index is 12.3. The molecule has 1 aliphatic rings. The summed E-state index contributed by atoms with van der Waals surface area (Å²) in [5.74, 6) is 0.978. The van der Waals surface area contributed by atoms with Crippen LogP contribution >= 0.6 is 12.2 Å². The van der Waals surface area contributed by atoms with Crippen LogP contribution in [0.2, 0.25) is 0 Å². The summed E-state index contributed by atoms with van der Waals surface area (Å²) >= 11 is 4.82. The third-order valence-electron chi connectivity index (χ3n) is 3.84. The van der Waals surface area contributed by atoms with Crippen LogP contribution in [0.1, 0.15) is 61.1 Å². The fourth-order valence-electron chi connectivity index (χ4n) is 2.87. The van der Waals surface area contributed by atoms with Crippen molar-refractivity contribution < 1.29 is 9.21 Å². The summed E-state index contributed by atoms with van der Waals surface area (Å²) < 4.78 is 5.88. The zero-order valence-corrected chi connectivity index (χ0v) is 14.9. The van der Waals surface area contributed by atoms with E-state index in [1.54, 1.807) is 0 Å². The second-order valence-corrected chi connectivity index (χ2v) is 7.10. The normalized spacial score (nSPS) is 17.7. The van der Waals surface area contributed by atoms with Crippen LogP contribution in [-0.4, -0.2) is 23.3 Å². The van der Waals surface area contributed by atoms with Gasteiger partial charge in [0.25, 0.3) is 5.91 Å². The highest BCUT2D eigenvalue weighted by atomic mass is 32.1. The molecule has 0 fully saturated rings. The Morgan fingerprint density at radius 3 is 2.74 bits per heavy atom. The SMILES string of the molecule is CCCNC(=O)c1oc2c(c1C)/C(=N\NC(N)=S)CC(C)(C)C2. The maximum absolute atomic E-state index is 12.3. The molecule has 0 aliphatic heterocycles. The first-order chi connectivity index (χ1) is 10.7. The minimum absolute atomic E-state index is 0.00874. The van der Waals surface area contributed by atoms with Crippen molar-refractivity contribution in [3.05, 3.63) is 22.6 Å². The number of thiocarbonyl (C=S) groups is 1. The van der Waals surface area contributed by atoms with Crippen LogP contribution in [0.15, 0.2) is 9.52 Å². The molecule has 0 saturated carbocycles. The lowest BCUT2D eigenvalue weighted by molar-refractivity contribution is 0.0922. The summed E-state index contributed by atoms with van der Waals surface area (Å²) in [4.78, 5) is 12.3. The van der Waals surface area contributed by atoms with Crippen molar-refractivity contribution in [1.29, 1.82) is 0 Å². The number of amides is 1. The fraction of sp³-hybridized carbons (Fsp3) is 0.562. The van der Waals surface area contributed by atoms with Crippen LogP contribution in [0.4, 0.5) is 0 Å². The van der Waals surface area contributed by atoms with Gasteiger partial charge in [0.1, 0.15) is 5.76 Å². The van der Waals surface area contributed by atoms with Crippen LogP contribution in [0.5, 0.6) is 0 Å². The zero-order chi connectivity index (χ0) is 17.2. The first-order valence-electron chi connectivity index (χ1n) is 7.78. The molecule has 1 amide bonds. The largest absolute Gasteiger partial charge is 0.455 e. The lowest BCUT2D eigenvalue weighted by Gasteiger charge is -2.29. The van der Waals surface area contributed by atoms with E-state index in [9.17, 15) is 4.79 Å². The molecule has 0 saturated heterocycles. The van der Waals surface area contributed by atoms with Crippen molar-refractivity contribution in [2.45, 2.75) is 47.0 Å². The topological polar surface area (TPSA) is 92.6 Å². The van der Waals surface area contributed by atoms with Crippen LogP contribution in [0.25, 0.3) is 0 Å². The van der Waals surface area contributed by atoms with Gasteiger partial charge in [0.2, 0.25) is 0 Å². The number of rotatable bonds is 4. The summed E-state index contributed by atoms with van der Waals surface area (Å²) in [7, 11) is 0. The number of hydrogen-bond acceptors (Lipinski definition) is 4. The summed E-state index contributed by atoms with van der Waals surface area (Å²) in [6.07, 6.45) is 2.39. The van der Waals surface area contributed by atoms with E-state index in [1.807, 2.05) is 13.8 Å². The maximum Gasteiger partial charge on any atom is 0.287 e. The Labute approximate surface area is 141 Å². The van der Waals surface area contributed by atoms with Crippen LogP contribution < -0.4 is 16.5 Å². The van der Waals surface area contributed by atoms with Gasteiger partial charge in [-0.1, -0.05) is 20.8 Å². The molecule has 1 aromatic heterocycles. The molecule has 0 unspecified atom stereocenters. The molecule has 1 aliphatic carbocycles. The first kappa shape index (κ1) is 17.5. The number of nitrogens with zero attached hydrogens (tertiary/aromatic N) is 1. The average molecular weight is 336 g/mol. The van der Waals surface area contributed by atoms with Gasteiger partial charge in [0, 0.05) is 24.1 Å². The summed E-state index contributed by atoms with van der Waals surface area (Å²) in [6.45, 7) is 8.80. The molecule has 23 heavy (non-hydrogen) atoms. The smallest absolute Gasteiger partial charge is 0.287 e. The van der Waals surface area contributed by atoms with Gasteiger partial charge in [-0.25, -0.2) is 0 Å². The molecule has 7 heteroatoms. The van der Waals surface area contributed by atoms with Gasteiger partial charge >= 0.3 is 0 Å². The number of carbonyl (C=O) groups excluding carboxylic acids is 1. The number of nitrogens with two attached hydrogens (primary N) is 1. The van der Waals surface area contributed by atoms with Gasteiger partial charge < -0.3 is 15.5 Å². The molecule has 0 bridgehead atoms. The number of carbonyl (C=O) groups is 1. The van der Waals surface area contributed by atoms with Gasteiger partial charge in [-0.3, -0.25) is 10.2 Å². The van der Waals surface area contributed by atoms with Crippen molar-refractivity contribution >= 4 is 28.9 Å². The van der Waals surface area contributed by atoms with Gasteiger partial charge in [-0.15, -0.1) is 0 Å². The average Bonchev–Trinajstić information content (AvgIpc) is 2.77. The Bertz CT molecular complexity index is 661. The van der Waals surface area contributed by atoms with Gasteiger partial charge in [0.05, 0.1) is 5.71 Å². The van der Waals surface area contributed by atoms with Crippen LogP contribution in [-0.2, 0) is 6.42 Å². The molecular weight excluding hydrogens is 312 g/mol. The van der Waals surface area contributed by atoms with Crippen molar-refractivity contribution in [3.8, 4) is 0 Å². The van der Waals surface area contributed by atoms with Gasteiger partial charge in [0.15, 0.2) is 10.9 Å². The van der Waals surface area contributed by atoms with E-state index in [0.717, 1.165) is 41.9 Å². The number of fused-ring (bicyclic) bond motifs is 1. The van der Waals surface area contributed by atoms with Gasteiger partial charge in [-0.05, 0) is 37.4 Å². The highest BCUT2D eigenvalue weighted by Gasteiger charge is 2.36. The Kier molecular flexibility index (Phi) is 5.09. The molecule has 1 aromatic rings. The number of hydrogen-bond donors (Lipinski definition) is 3. The lowest BCUT2D eigenvalue weighted by atomic mass is 9.75. The standard InChI is InChI=1S/C16H24N4O2S/c1-5-6-18-14(21)13-9(2)12-10(19-20-15(17)23)7-16(3,4)8-11(12)22-13/h5-8H2,1-4H3,(H,18,21)(H3,17,20,23)/b19-10-. The predicted molar refractivity (Wildman–Crippen MR) is 94.6 cm³/mol. The summed E-state index contributed by atoms with van der Waals surface area (Å²) in [5.41, 5.74) is 10.6. The quantitative estimate of drug-likeness (QED) is 0.579. The molecule has 1 heterocycles. The highest BCUT2D eigenvalue weighted by Crippen LogP contribution is 2.38. The molecule has 0 spiro atoms. The monoisotopic (exact) mass is 336 g/mol. The third-order valence-corrected chi connectivity index (χ3v) is 3.93. The van der Waals surface area contributed by atoms with Crippen molar-refractivity contribution in [3.63, 3.8) is 0 Å². The number of furan rings is 1. The predicted octanol–water partition coefficient (Wildman–Crippen LogP) is 2.24. The Hall–Kier alpha value is -1.89. The van der Waals surface area contributed by atoms with Crippen molar-refractivity contribution in [1.82, 2.24) is 10.7 Å². The molecular formula is C16H24N4O2S. The highest BCUT2D eigenvalue weighted by molar-refractivity contribution is 7.80. The Morgan fingerprint density at radius 2 is 2.13 bits per heavy atom. The Balaban J connectivity index is 2.43. The third kappa shape index (κ3) is 3.90. The van der Waals surface area contributed by atoms with Gasteiger partial charge in [-0.2, -0.15) is 5.10 Å². The minimum Gasteiger partial charge on any atom is -0.455 e. The molecule has 126 valence electrons. The van der Waals surface area contributed by atoms with E-state index in [-0.39, 0.29) is 16.4 Å². The molecule has 2 rings (SSSR count). The van der Waals surface area contributed by atoms with E-state index in [2.05, 4.69) is 29.7 Å². The van der Waals surface area contributed by atoms with E-state index in [1.165, 1.54) is 0 Å². The second-order valence-electron chi connectivity index (χ2n) is 6.66. The Morgan fingerprint density at radius 1 is 1.43 bits per heavy atom. The van der Waals surface area contributed by atoms with Crippen LogP contribution in [0.3, 0.4) is 0 Å². The second kappa shape index (κ2) is 6.70. The summed E-state index contributed by atoms with van der Waals surface area (Å²) in [5, 5.41) is 7.29. The van der Waals surface area contributed by atoms with Crippen molar-refractivity contribution in [2.24, 2.45) is 16.3 Å². The lowest BCUT2D eigenvalue weighted by Crippen LogP contribution is -2.31. The minimum atomic E-state index is -0.182. The first-order valence-corrected chi connectivity index (χ1v) is 8.19. The van der Waals surface area contributed by atoms with E-state index in [4.69, 9.17) is 22.4 Å². The van der Waals surface area contributed by atoms with E-state index >= 15 is 0 Å². The zero-order valence-electron chi connectivity index (χ0n) is 14.1. The number of hydrazone groups is 1. The molecule has 6 nitrogen and oxygen atoms in total. The molecule has 0 atom stereocenters. The van der Waals surface area contributed by atoms with Crippen LogP contribution in [0, 0.1) is 12.3 Å². The van der Waals surface area contributed by atoms with Crippen molar-refractivity contribution in [2.75, 3.05) is 6.54 Å². The summed E-state index contributed by atoms with van der Waals surface area (Å²) in [6, 6.07) is 0. The molecule has 4 N–H and O–H groups in total.